The third kappa shape index (κ3) is 2.43. The first kappa shape index (κ1) is 12.7. The zero-order valence-electron chi connectivity index (χ0n) is 8.84. The van der Waals surface area contributed by atoms with Gasteiger partial charge in [0.05, 0.1) is 0 Å². The number of carbonyl (C=O) groups excluding carboxylic acids is 1. The van der Waals surface area contributed by atoms with Crippen molar-refractivity contribution in [1.29, 1.82) is 0 Å². The first-order chi connectivity index (χ1) is 8.79. The van der Waals surface area contributed by atoms with Gasteiger partial charge < -0.3 is 5.11 Å². The zero-order chi connectivity index (χ0) is 14.2. The average molecular weight is 275 g/mol. The molecule has 1 amide bonds. The van der Waals surface area contributed by atoms with Crippen molar-refractivity contribution in [2.75, 3.05) is 5.32 Å². The number of fused-ring (bicyclic) bond motifs is 1. The van der Waals surface area contributed by atoms with Crippen LogP contribution in [-0.4, -0.2) is 42.7 Å². The molecular formula is C8H4F3N5O3. The van der Waals surface area contributed by atoms with Crippen LogP contribution in [0.25, 0.3) is 5.65 Å². The molecule has 19 heavy (non-hydrogen) atoms. The van der Waals surface area contributed by atoms with Crippen LogP contribution in [0.3, 0.4) is 0 Å². The number of hydrogen-bond donors (Lipinski definition) is 2. The van der Waals surface area contributed by atoms with E-state index in [1.807, 2.05) is 0 Å². The molecule has 11 heteroatoms. The average Bonchev–Trinajstić information content (AvgIpc) is 2.72. The Balaban J connectivity index is 2.44. The number of aromatic nitrogens is 4. The fourth-order valence-corrected chi connectivity index (χ4v) is 1.18. The van der Waals surface area contributed by atoms with Crippen LogP contribution in [0, 0.1) is 0 Å². The van der Waals surface area contributed by atoms with E-state index in [1.165, 1.54) is 5.32 Å². The van der Waals surface area contributed by atoms with Crippen LogP contribution in [0.5, 0.6) is 0 Å². The molecule has 2 heterocycles. The third-order valence-corrected chi connectivity index (χ3v) is 1.96. The van der Waals surface area contributed by atoms with Crippen molar-refractivity contribution >= 4 is 23.5 Å². The molecule has 0 aliphatic heterocycles. The molecule has 0 aromatic carbocycles. The van der Waals surface area contributed by atoms with Crippen molar-refractivity contribution in [3.8, 4) is 0 Å². The van der Waals surface area contributed by atoms with Gasteiger partial charge in [-0.2, -0.15) is 22.8 Å². The SMILES string of the molecule is O=C(O)c1cc2ncnc(NC(=O)C(F)(F)F)n2n1. The molecule has 2 N–H and O–H groups in total. The van der Waals surface area contributed by atoms with Gasteiger partial charge in [-0.1, -0.05) is 0 Å². The Morgan fingerprint density at radius 1 is 1.32 bits per heavy atom. The van der Waals surface area contributed by atoms with Gasteiger partial charge >= 0.3 is 18.1 Å². The summed E-state index contributed by atoms with van der Waals surface area (Å²) in [5.74, 6) is -4.22. The number of anilines is 1. The summed E-state index contributed by atoms with van der Waals surface area (Å²) in [6, 6.07) is 1.02. The van der Waals surface area contributed by atoms with Crippen LogP contribution in [0.2, 0.25) is 0 Å². The molecular weight excluding hydrogens is 271 g/mol. The summed E-state index contributed by atoms with van der Waals surface area (Å²) >= 11 is 0. The number of alkyl halides is 3. The summed E-state index contributed by atoms with van der Waals surface area (Å²) in [7, 11) is 0. The monoisotopic (exact) mass is 275 g/mol. The van der Waals surface area contributed by atoms with Crippen LogP contribution >= 0.6 is 0 Å². The highest BCUT2D eigenvalue weighted by Crippen LogP contribution is 2.17. The van der Waals surface area contributed by atoms with Crippen molar-refractivity contribution in [2.24, 2.45) is 0 Å². The lowest BCUT2D eigenvalue weighted by molar-refractivity contribution is -0.167. The van der Waals surface area contributed by atoms with Crippen molar-refractivity contribution in [3.05, 3.63) is 18.1 Å². The predicted octanol–water partition coefficient (Wildman–Crippen LogP) is 0.323. The van der Waals surface area contributed by atoms with Crippen LogP contribution in [0.1, 0.15) is 10.5 Å². The number of halogens is 3. The summed E-state index contributed by atoms with van der Waals surface area (Å²) in [4.78, 5) is 28.4. The highest BCUT2D eigenvalue weighted by Gasteiger charge is 2.39. The minimum atomic E-state index is -5.10. The molecule has 0 saturated heterocycles. The number of nitrogens with zero attached hydrogens (tertiary/aromatic N) is 4. The second-order valence-corrected chi connectivity index (χ2v) is 3.25. The smallest absolute Gasteiger partial charge is 0.471 e. The maximum absolute atomic E-state index is 12.1. The lowest BCUT2D eigenvalue weighted by Gasteiger charge is -2.07. The van der Waals surface area contributed by atoms with E-state index in [0.717, 1.165) is 12.4 Å². The lowest BCUT2D eigenvalue weighted by atomic mass is 10.4. The standard InChI is InChI=1S/C8H4F3N5O3/c9-8(10,11)6(19)14-7-13-2-12-4-1-3(5(17)18)15-16(4)7/h1-2H,(H,17,18)(H,12,13,14,19). The Kier molecular flexibility index (Phi) is 2.81. The molecule has 100 valence electrons. The van der Waals surface area contributed by atoms with Crippen molar-refractivity contribution in [2.45, 2.75) is 6.18 Å². The van der Waals surface area contributed by atoms with E-state index in [0.29, 0.717) is 4.52 Å². The van der Waals surface area contributed by atoms with Gasteiger partial charge in [-0.05, 0) is 0 Å². The summed E-state index contributed by atoms with van der Waals surface area (Å²) in [6.07, 6.45) is -4.23. The number of carboxylic acids is 1. The quantitative estimate of drug-likeness (QED) is 0.817. The molecule has 0 aliphatic rings. The van der Waals surface area contributed by atoms with Gasteiger partial charge in [0.15, 0.2) is 11.3 Å². The van der Waals surface area contributed by atoms with Gasteiger partial charge in [0, 0.05) is 6.07 Å². The van der Waals surface area contributed by atoms with Gasteiger partial charge in [0.2, 0.25) is 5.95 Å². The van der Waals surface area contributed by atoms with E-state index in [4.69, 9.17) is 5.11 Å². The molecule has 0 unspecified atom stereocenters. The highest BCUT2D eigenvalue weighted by molar-refractivity contribution is 5.93. The van der Waals surface area contributed by atoms with E-state index in [1.54, 1.807) is 0 Å². The Morgan fingerprint density at radius 2 is 2.00 bits per heavy atom. The van der Waals surface area contributed by atoms with E-state index in [-0.39, 0.29) is 5.65 Å². The van der Waals surface area contributed by atoms with Gasteiger partial charge in [-0.15, -0.1) is 0 Å². The molecule has 8 nitrogen and oxygen atoms in total. The van der Waals surface area contributed by atoms with E-state index < -0.39 is 29.7 Å². The molecule has 0 spiro atoms. The second kappa shape index (κ2) is 4.19. The molecule has 2 aromatic heterocycles. The summed E-state index contributed by atoms with van der Waals surface area (Å²) in [6.45, 7) is 0. The lowest BCUT2D eigenvalue weighted by Crippen LogP contribution is -2.31. The minimum Gasteiger partial charge on any atom is -0.476 e. The zero-order valence-corrected chi connectivity index (χ0v) is 8.84. The topological polar surface area (TPSA) is 109 Å². The molecule has 0 fully saturated rings. The van der Waals surface area contributed by atoms with Gasteiger partial charge in [-0.3, -0.25) is 10.1 Å². The highest BCUT2D eigenvalue weighted by atomic mass is 19.4. The van der Waals surface area contributed by atoms with Crippen molar-refractivity contribution in [3.63, 3.8) is 0 Å². The number of nitrogens with one attached hydrogen (secondary N) is 1. The van der Waals surface area contributed by atoms with Crippen molar-refractivity contribution in [1.82, 2.24) is 19.6 Å². The molecule has 0 bridgehead atoms. The van der Waals surface area contributed by atoms with Gasteiger partial charge in [0.25, 0.3) is 0 Å². The van der Waals surface area contributed by atoms with E-state index >= 15 is 0 Å². The largest absolute Gasteiger partial charge is 0.476 e. The first-order valence-electron chi connectivity index (χ1n) is 4.61. The van der Waals surface area contributed by atoms with Gasteiger partial charge in [-0.25, -0.2) is 14.8 Å². The number of aromatic carboxylic acids is 1. The number of rotatable bonds is 2. The number of carbonyl (C=O) groups is 2. The molecule has 2 aromatic rings. The molecule has 0 saturated carbocycles. The van der Waals surface area contributed by atoms with Gasteiger partial charge in [0.1, 0.15) is 6.33 Å². The summed E-state index contributed by atoms with van der Waals surface area (Å²) in [5.41, 5.74) is -0.507. The maximum Gasteiger partial charge on any atom is 0.471 e. The fourth-order valence-electron chi connectivity index (χ4n) is 1.18. The number of carboxylic acid groups (broad SMARTS) is 1. The van der Waals surface area contributed by atoms with E-state index in [9.17, 15) is 22.8 Å². The Hall–Kier alpha value is -2.72. The number of amides is 1. The first-order valence-corrected chi connectivity index (χ1v) is 4.61. The minimum absolute atomic E-state index is 0.0649. The summed E-state index contributed by atoms with van der Waals surface area (Å²) in [5, 5.41) is 13.6. The molecule has 0 atom stereocenters. The molecule has 0 aliphatic carbocycles. The number of hydrogen-bond acceptors (Lipinski definition) is 5. The van der Waals surface area contributed by atoms with Crippen LogP contribution < -0.4 is 5.32 Å². The molecule has 2 rings (SSSR count). The predicted molar refractivity (Wildman–Crippen MR) is 52.4 cm³/mol. The maximum atomic E-state index is 12.1. The Labute approximate surface area is 101 Å². The van der Waals surface area contributed by atoms with Crippen LogP contribution in [0.4, 0.5) is 19.1 Å². The normalized spacial score (nSPS) is 11.5. The summed E-state index contributed by atoms with van der Waals surface area (Å²) < 4.78 is 37.0. The Morgan fingerprint density at radius 3 is 2.58 bits per heavy atom. The van der Waals surface area contributed by atoms with Crippen LogP contribution in [-0.2, 0) is 4.79 Å². The third-order valence-electron chi connectivity index (χ3n) is 1.96. The molecule has 0 radical (unpaired) electrons. The van der Waals surface area contributed by atoms with Crippen LogP contribution in [0.15, 0.2) is 12.4 Å². The second-order valence-electron chi connectivity index (χ2n) is 3.25. The fraction of sp³-hybridized carbons (Fsp3) is 0.125. The van der Waals surface area contributed by atoms with E-state index in [2.05, 4.69) is 15.1 Å². The van der Waals surface area contributed by atoms with Crippen molar-refractivity contribution < 1.29 is 27.9 Å². The Bertz CT molecular complexity index is 665.